The largest absolute Gasteiger partial charge is 0.497 e. The molecule has 108 valence electrons. The molecule has 0 bridgehead atoms. The molecule has 2 rings (SSSR count). The van der Waals surface area contributed by atoms with Gasteiger partial charge in [0.2, 0.25) is 5.91 Å². The van der Waals surface area contributed by atoms with Crippen LogP contribution in [0.4, 0.5) is 0 Å². The number of rotatable bonds is 4. The predicted octanol–water partition coefficient (Wildman–Crippen LogP) is 2.05. The van der Waals surface area contributed by atoms with Crippen molar-refractivity contribution in [2.45, 2.75) is 25.8 Å². The number of hydrogen-bond acceptors (Lipinski definition) is 3. The van der Waals surface area contributed by atoms with Crippen LogP contribution in [0.5, 0.6) is 5.75 Å². The molecule has 1 aromatic rings. The maximum atomic E-state index is 12.3. The van der Waals surface area contributed by atoms with Crippen LogP contribution in [0.1, 0.15) is 25.3 Å². The summed E-state index contributed by atoms with van der Waals surface area (Å²) in [6, 6.07) is 7.92. The van der Waals surface area contributed by atoms with Gasteiger partial charge in [0, 0.05) is 25.2 Å². The lowest BCUT2D eigenvalue weighted by Crippen LogP contribution is -2.39. The van der Waals surface area contributed by atoms with Gasteiger partial charge in [-0.05, 0) is 43.0 Å². The number of amides is 1. The lowest BCUT2D eigenvalue weighted by Gasteiger charge is -2.22. The molecule has 0 saturated carbocycles. The van der Waals surface area contributed by atoms with E-state index >= 15 is 0 Å². The SMILES string of the molecule is COc1ccc(C(C)=CC(=O)N2CCCC2CN)cc1. The first-order chi connectivity index (χ1) is 9.65. The number of nitrogens with zero attached hydrogens (tertiary/aromatic N) is 1. The van der Waals surface area contributed by atoms with Crippen molar-refractivity contribution in [2.75, 3.05) is 20.2 Å². The molecule has 1 amide bonds. The van der Waals surface area contributed by atoms with E-state index in [4.69, 9.17) is 10.5 Å². The topological polar surface area (TPSA) is 55.6 Å². The molecule has 1 aliphatic heterocycles. The minimum Gasteiger partial charge on any atom is -0.497 e. The molecular formula is C16H22N2O2. The van der Waals surface area contributed by atoms with E-state index in [2.05, 4.69) is 0 Å². The highest BCUT2D eigenvalue weighted by atomic mass is 16.5. The van der Waals surface area contributed by atoms with Crippen LogP contribution in [0.15, 0.2) is 30.3 Å². The standard InChI is InChI=1S/C16H22N2O2/c1-12(13-5-7-15(20-2)8-6-13)10-16(19)18-9-3-4-14(18)11-17/h5-8,10,14H,3-4,9,11,17H2,1-2H3. The first-order valence-electron chi connectivity index (χ1n) is 6.99. The van der Waals surface area contributed by atoms with Crippen molar-refractivity contribution in [3.05, 3.63) is 35.9 Å². The number of ether oxygens (including phenoxy) is 1. The van der Waals surface area contributed by atoms with Crippen molar-refractivity contribution in [2.24, 2.45) is 5.73 Å². The van der Waals surface area contributed by atoms with Crippen LogP contribution in [0, 0.1) is 0 Å². The average Bonchev–Trinajstić information content (AvgIpc) is 2.95. The van der Waals surface area contributed by atoms with Gasteiger partial charge in [0.1, 0.15) is 5.75 Å². The molecule has 0 aliphatic carbocycles. The Morgan fingerprint density at radius 1 is 1.45 bits per heavy atom. The predicted molar refractivity (Wildman–Crippen MR) is 80.4 cm³/mol. The summed E-state index contributed by atoms with van der Waals surface area (Å²) in [5, 5.41) is 0. The molecule has 4 nitrogen and oxygen atoms in total. The van der Waals surface area contributed by atoms with Crippen molar-refractivity contribution in [1.29, 1.82) is 0 Å². The van der Waals surface area contributed by atoms with E-state index in [0.717, 1.165) is 36.3 Å². The molecule has 1 unspecified atom stereocenters. The first-order valence-corrected chi connectivity index (χ1v) is 6.99. The van der Waals surface area contributed by atoms with Gasteiger partial charge in [0.25, 0.3) is 0 Å². The Hall–Kier alpha value is -1.81. The molecule has 4 heteroatoms. The third-order valence-electron chi connectivity index (χ3n) is 3.82. The number of carbonyl (C=O) groups is 1. The Bertz CT molecular complexity index is 494. The minimum atomic E-state index is 0.0614. The lowest BCUT2D eigenvalue weighted by atomic mass is 10.1. The number of carbonyl (C=O) groups excluding carboxylic acids is 1. The third-order valence-corrected chi connectivity index (χ3v) is 3.82. The molecule has 1 saturated heterocycles. The summed E-state index contributed by atoms with van der Waals surface area (Å²) in [5.74, 6) is 0.877. The van der Waals surface area contributed by atoms with E-state index in [0.29, 0.717) is 6.54 Å². The highest BCUT2D eigenvalue weighted by Gasteiger charge is 2.26. The zero-order chi connectivity index (χ0) is 14.5. The summed E-state index contributed by atoms with van der Waals surface area (Å²) in [7, 11) is 1.64. The zero-order valence-electron chi connectivity index (χ0n) is 12.1. The number of benzene rings is 1. The molecule has 1 atom stereocenters. The molecular weight excluding hydrogens is 252 g/mol. The van der Waals surface area contributed by atoms with Gasteiger partial charge in [-0.25, -0.2) is 0 Å². The number of likely N-dealkylation sites (tertiary alicyclic amines) is 1. The molecule has 1 aliphatic rings. The van der Waals surface area contributed by atoms with Crippen LogP contribution < -0.4 is 10.5 Å². The van der Waals surface area contributed by atoms with Gasteiger partial charge in [0.05, 0.1) is 7.11 Å². The summed E-state index contributed by atoms with van der Waals surface area (Å²) in [5.41, 5.74) is 7.70. The van der Waals surface area contributed by atoms with Crippen LogP contribution in [0.25, 0.3) is 5.57 Å². The fraction of sp³-hybridized carbons (Fsp3) is 0.438. The normalized spacial score (nSPS) is 19.2. The average molecular weight is 274 g/mol. The van der Waals surface area contributed by atoms with Crippen LogP contribution in [-0.4, -0.2) is 37.0 Å². The van der Waals surface area contributed by atoms with Crippen molar-refractivity contribution < 1.29 is 9.53 Å². The minimum absolute atomic E-state index is 0.0614. The molecule has 1 fully saturated rings. The zero-order valence-corrected chi connectivity index (χ0v) is 12.1. The van der Waals surface area contributed by atoms with Gasteiger partial charge in [-0.3, -0.25) is 4.79 Å². The second-order valence-electron chi connectivity index (χ2n) is 5.12. The van der Waals surface area contributed by atoms with E-state index in [1.807, 2.05) is 36.1 Å². The fourth-order valence-electron chi connectivity index (χ4n) is 2.58. The van der Waals surface area contributed by atoms with Crippen LogP contribution in [-0.2, 0) is 4.79 Å². The molecule has 0 aromatic heterocycles. The monoisotopic (exact) mass is 274 g/mol. The van der Waals surface area contributed by atoms with Gasteiger partial charge in [-0.1, -0.05) is 12.1 Å². The van der Waals surface area contributed by atoms with E-state index in [1.165, 1.54) is 0 Å². The van der Waals surface area contributed by atoms with Crippen molar-refractivity contribution in [3.63, 3.8) is 0 Å². The quantitative estimate of drug-likeness (QED) is 0.855. The summed E-state index contributed by atoms with van der Waals surface area (Å²) >= 11 is 0. The Morgan fingerprint density at radius 2 is 2.15 bits per heavy atom. The first kappa shape index (κ1) is 14.6. The molecule has 1 heterocycles. The van der Waals surface area contributed by atoms with Gasteiger partial charge < -0.3 is 15.4 Å². The van der Waals surface area contributed by atoms with Crippen molar-refractivity contribution >= 4 is 11.5 Å². The van der Waals surface area contributed by atoms with E-state index in [9.17, 15) is 4.79 Å². The number of methoxy groups -OCH3 is 1. The Morgan fingerprint density at radius 3 is 2.75 bits per heavy atom. The number of hydrogen-bond donors (Lipinski definition) is 1. The maximum absolute atomic E-state index is 12.3. The van der Waals surface area contributed by atoms with Crippen LogP contribution >= 0.6 is 0 Å². The van der Waals surface area contributed by atoms with Gasteiger partial charge in [0.15, 0.2) is 0 Å². The van der Waals surface area contributed by atoms with Crippen molar-refractivity contribution in [1.82, 2.24) is 4.90 Å². The smallest absolute Gasteiger partial charge is 0.247 e. The summed E-state index contributed by atoms with van der Waals surface area (Å²) in [6.07, 6.45) is 3.76. The van der Waals surface area contributed by atoms with Crippen molar-refractivity contribution in [3.8, 4) is 5.75 Å². The van der Waals surface area contributed by atoms with Crippen LogP contribution in [0.3, 0.4) is 0 Å². The maximum Gasteiger partial charge on any atom is 0.247 e. The van der Waals surface area contributed by atoms with Gasteiger partial charge in [-0.15, -0.1) is 0 Å². The molecule has 2 N–H and O–H groups in total. The number of nitrogens with two attached hydrogens (primary N) is 1. The summed E-state index contributed by atoms with van der Waals surface area (Å²) < 4.78 is 5.13. The molecule has 0 radical (unpaired) electrons. The highest BCUT2D eigenvalue weighted by molar-refractivity contribution is 5.95. The van der Waals surface area contributed by atoms with Crippen LogP contribution in [0.2, 0.25) is 0 Å². The lowest BCUT2D eigenvalue weighted by molar-refractivity contribution is -0.126. The molecule has 0 spiro atoms. The molecule has 1 aromatic carbocycles. The Kier molecular flexibility index (Phi) is 4.79. The summed E-state index contributed by atoms with van der Waals surface area (Å²) in [4.78, 5) is 14.2. The number of allylic oxidation sites excluding steroid dienone is 1. The Labute approximate surface area is 120 Å². The highest BCUT2D eigenvalue weighted by Crippen LogP contribution is 2.21. The fourth-order valence-corrected chi connectivity index (χ4v) is 2.58. The van der Waals surface area contributed by atoms with E-state index < -0.39 is 0 Å². The second-order valence-corrected chi connectivity index (χ2v) is 5.12. The van der Waals surface area contributed by atoms with E-state index in [-0.39, 0.29) is 11.9 Å². The second kappa shape index (κ2) is 6.57. The summed E-state index contributed by atoms with van der Waals surface area (Å²) in [6.45, 7) is 3.31. The third kappa shape index (κ3) is 3.20. The van der Waals surface area contributed by atoms with Gasteiger partial charge >= 0.3 is 0 Å². The molecule has 20 heavy (non-hydrogen) atoms. The Balaban J connectivity index is 2.10. The van der Waals surface area contributed by atoms with E-state index in [1.54, 1.807) is 13.2 Å². The van der Waals surface area contributed by atoms with Gasteiger partial charge in [-0.2, -0.15) is 0 Å².